The van der Waals surface area contributed by atoms with Gasteiger partial charge in [-0.2, -0.15) is 0 Å². The predicted molar refractivity (Wildman–Crippen MR) is 67.4 cm³/mol. The van der Waals surface area contributed by atoms with Crippen molar-refractivity contribution in [3.8, 4) is 0 Å². The molecule has 0 spiro atoms. The average molecular weight is 260 g/mol. The molecule has 2 heterocycles. The van der Waals surface area contributed by atoms with Gasteiger partial charge in [-0.05, 0) is 30.4 Å². The molecule has 0 atom stereocenters. The van der Waals surface area contributed by atoms with E-state index in [9.17, 15) is 9.59 Å². The Morgan fingerprint density at radius 1 is 1.37 bits per heavy atom. The summed E-state index contributed by atoms with van der Waals surface area (Å²) in [5.41, 5.74) is 2.46. The normalized spacial score (nSPS) is 17.8. The maximum absolute atomic E-state index is 12.1. The van der Waals surface area contributed by atoms with Crippen LogP contribution in [0.4, 0.5) is 0 Å². The van der Waals surface area contributed by atoms with Crippen LogP contribution in [-0.4, -0.2) is 35.4 Å². The molecule has 19 heavy (non-hydrogen) atoms. The summed E-state index contributed by atoms with van der Waals surface area (Å²) in [4.78, 5) is 29.7. The molecule has 3 rings (SSSR count). The quantitative estimate of drug-likeness (QED) is 0.749. The number of hydrogen-bond acceptors (Lipinski definition) is 4. The van der Waals surface area contributed by atoms with Gasteiger partial charge in [0.25, 0.3) is 0 Å². The molecule has 1 aliphatic carbocycles. The van der Waals surface area contributed by atoms with Crippen molar-refractivity contribution in [1.82, 2.24) is 9.88 Å². The SMILES string of the molecule is COC(=O)c1cncc2c1CCN(C(=O)C1CC1)C2. The van der Waals surface area contributed by atoms with Crippen LogP contribution in [0.1, 0.15) is 34.3 Å². The van der Waals surface area contributed by atoms with Crippen LogP contribution in [0.3, 0.4) is 0 Å². The minimum absolute atomic E-state index is 0.235. The molecule has 1 aromatic rings. The molecular formula is C14H16N2O3. The molecule has 1 aromatic heterocycles. The Kier molecular flexibility index (Phi) is 2.97. The van der Waals surface area contributed by atoms with Crippen LogP contribution in [0.15, 0.2) is 12.4 Å². The first-order valence-corrected chi connectivity index (χ1v) is 6.53. The van der Waals surface area contributed by atoms with Crippen LogP contribution in [0.2, 0.25) is 0 Å². The van der Waals surface area contributed by atoms with Crippen molar-refractivity contribution in [1.29, 1.82) is 0 Å². The second-order valence-electron chi connectivity index (χ2n) is 5.10. The van der Waals surface area contributed by atoms with Gasteiger partial charge in [-0.15, -0.1) is 0 Å². The van der Waals surface area contributed by atoms with Crippen LogP contribution in [-0.2, 0) is 22.5 Å². The van der Waals surface area contributed by atoms with Gasteiger partial charge in [0.2, 0.25) is 5.91 Å². The van der Waals surface area contributed by atoms with Crippen LogP contribution in [0, 0.1) is 5.92 Å². The van der Waals surface area contributed by atoms with Crippen LogP contribution in [0.5, 0.6) is 0 Å². The van der Waals surface area contributed by atoms with E-state index in [2.05, 4.69) is 4.98 Å². The lowest BCUT2D eigenvalue weighted by molar-refractivity contribution is -0.133. The Morgan fingerprint density at radius 2 is 2.16 bits per heavy atom. The van der Waals surface area contributed by atoms with Crippen molar-refractivity contribution < 1.29 is 14.3 Å². The Hall–Kier alpha value is -1.91. The number of esters is 1. The first-order chi connectivity index (χ1) is 9.20. The molecule has 1 fully saturated rings. The Labute approximate surface area is 111 Å². The number of hydrogen-bond donors (Lipinski definition) is 0. The highest BCUT2D eigenvalue weighted by atomic mass is 16.5. The predicted octanol–water partition coefficient (Wildman–Crippen LogP) is 1.16. The van der Waals surface area contributed by atoms with Gasteiger partial charge in [0.15, 0.2) is 0 Å². The summed E-state index contributed by atoms with van der Waals surface area (Å²) in [6, 6.07) is 0. The van der Waals surface area contributed by atoms with Crippen molar-refractivity contribution in [3.63, 3.8) is 0 Å². The smallest absolute Gasteiger partial charge is 0.339 e. The Morgan fingerprint density at radius 3 is 2.84 bits per heavy atom. The first kappa shape index (κ1) is 12.1. The Bertz CT molecular complexity index is 537. The summed E-state index contributed by atoms with van der Waals surface area (Å²) >= 11 is 0. The lowest BCUT2D eigenvalue weighted by atomic mass is 9.97. The van der Waals surface area contributed by atoms with Crippen LogP contribution < -0.4 is 0 Å². The zero-order valence-corrected chi connectivity index (χ0v) is 10.9. The average Bonchev–Trinajstić information content (AvgIpc) is 3.29. The van der Waals surface area contributed by atoms with Crippen molar-refractivity contribution in [2.24, 2.45) is 5.92 Å². The summed E-state index contributed by atoms with van der Waals surface area (Å²) in [7, 11) is 1.37. The molecule has 1 amide bonds. The van der Waals surface area contributed by atoms with Crippen LogP contribution >= 0.6 is 0 Å². The zero-order valence-electron chi connectivity index (χ0n) is 10.9. The number of ether oxygens (including phenoxy) is 1. The Balaban J connectivity index is 1.85. The molecule has 100 valence electrons. The molecule has 0 N–H and O–H groups in total. The lowest BCUT2D eigenvalue weighted by Crippen LogP contribution is -2.37. The fourth-order valence-electron chi connectivity index (χ4n) is 2.56. The van der Waals surface area contributed by atoms with Gasteiger partial charge in [0.1, 0.15) is 0 Å². The van der Waals surface area contributed by atoms with E-state index >= 15 is 0 Å². The lowest BCUT2D eigenvalue weighted by Gasteiger charge is -2.29. The molecule has 5 nitrogen and oxygen atoms in total. The molecule has 0 radical (unpaired) electrons. The van der Waals surface area contributed by atoms with E-state index in [1.54, 1.807) is 12.4 Å². The second kappa shape index (κ2) is 4.64. The topological polar surface area (TPSA) is 59.5 Å². The number of methoxy groups -OCH3 is 1. The zero-order chi connectivity index (χ0) is 13.4. The summed E-state index contributed by atoms with van der Waals surface area (Å²) in [6.45, 7) is 1.23. The van der Waals surface area contributed by atoms with Gasteiger partial charge in [0, 0.05) is 31.4 Å². The maximum Gasteiger partial charge on any atom is 0.339 e. The molecule has 5 heteroatoms. The molecule has 0 aromatic carbocycles. The molecule has 0 saturated heterocycles. The van der Waals surface area contributed by atoms with Gasteiger partial charge in [-0.3, -0.25) is 9.78 Å². The van der Waals surface area contributed by atoms with Crippen molar-refractivity contribution in [2.75, 3.05) is 13.7 Å². The van der Waals surface area contributed by atoms with E-state index in [1.165, 1.54) is 7.11 Å². The van der Waals surface area contributed by atoms with E-state index in [4.69, 9.17) is 4.74 Å². The number of fused-ring (bicyclic) bond motifs is 1. The highest BCUT2D eigenvalue weighted by Crippen LogP contribution is 2.33. The second-order valence-corrected chi connectivity index (χ2v) is 5.10. The molecule has 1 saturated carbocycles. The molecule has 1 aliphatic heterocycles. The molecule has 0 unspecified atom stereocenters. The summed E-state index contributed by atoms with van der Waals surface area (Å²) in [5.74, 6) is 0.124. The number of pyridine rings is 1. The fraction of sp³-hybridized carbons (Fsp3) is 0.500. The fourth-order valence-corrected chi connectivity index (χ4v) is 2.56. The van der Waals surface area contributed by atoms with Gasteiger partial charge < -0.3 is 9.64 Å². The minimum Gasteiger partial charge on any atom is -0.465 e. The van der Waals surface area contributed by atoms with Crippen LogP contribution in [0.25, 0.3) is 0 Å². The molecule has 2 aliphatic rings. The minimum atomic E-state index is -0.355. The molecular weight excluding hydrogens is 244 g/mol. The molecule has 0 bridgehead atoms. The van der Waals surface area contributed by atoms with Crippen molar-refractivity contribution in [2.45, 2.75) is 25.8 Å². The monoisotopic (exact) mass is 260 g/mol. The van der Waals surface area contributed by atoms with E-state index in [1.807, 2.05) is 4.90 Å². The largest absolute Gasteiger partial charge is 0.465 e. The summed E-state index contributed by atoms with van der Waals surface area (Å²) in [5, 5.41) is 0. The van der Waals surface area contributed by atoms with Gasteiger partial charge in [-0.25, -0.2) is 4.79 Å². The van der Waals surface area contributed by atoms with Crippen molar-refractivity contribution in [3.05, 3.63) is 29.1 Å². The van der Waals surface area contributed by atoms with E-state index in [-0.39, 0.29) is 17.8 Å². The number of carbonyl (C=O) groups is 2. The number of amides is 1. The highest BCUT2D eigenvalue weighted by molar-refractivity contribution is 5.91. The number of nitrogens with zero attached hydrogens (tertiary/aromatic N) is 2. The first-order valence-electron chi connectivity index (χ1n) is 6.53. The standard InChI is InChI=1S/C14H16N2O3/c1-19-14(18)12-7-15-6-10-8-16(5-4-11(10)12)13(17)9-2-3-9/h6-7,9H,2-5,8H2,1H3. The van der Waals surface area contributed by atoms with Gasteiger partial charge in [0.05, 0.1) is 12.7 Å². The third-order valence-corrected chi connectivity index (χ3v) is 3.78. The summed E-state index contributed by atoms with van der Waals surface area (Å²) < 4.78 is 4.77. The van der Waals surface area contributed by atoms with Gasteiger partial charge in [-0.1, -0.05) is 0 Å². The van der Waals surface area contributed by atoms with Gasteiger partial charge >= 0.3 is 5.97 Å². The third kappa shape index (κ3) is 2.20. The number of rotatable bonds is 2. The van der Waals surface area contributed by atoms with E-state index < -0.39 is 0 Å². The van der Waals surface area contributed by atoms with E-state index in [0.29, 0.717) is 25.1 Å². The maximum atomic E-state index is 12.1. The number of carbonyl (C=O) groups excluding carboxylic acids is 2. The number of aromatic nitrogens is 1. The van der Waals surface area contributed by atoms with Crippen molar-refractivity contribution >= 4 is 11.9 Å². The summed E-state index contributed by atoms with van der Waals surface area (Å²) in [6.07, 6.45) is 6.02. The third-order valence-electron chi connectivity index (χ3n) is 3.78. The highest BCUT2D eigenvalue weighted by Gasteiger charge is 2.35. The van der Waals surface area contributed by atoms with E-state index in [0.717, 1.165) is 24.0 Å².